The molecule has 23 heavy (non-hydrogen) atoms. The molecular weight excluding hydrogens is 290 g/mol. The second kappa shape index (κ2) is 8.63. The number of hydrogen-bond donors (Lipinski definition) is 2. The maximum absolute atomic E-state index is 11.6. The SMILES string of the molecule is Cc1cc(O)ccc1C=CCCNC(=O)OCc1ccccc1. The quantitative estimate of drug-likeness (QED) is 0.792. The van der Waals surface area contributed by atoms with Crippen molar-refractivity contribution in [2.45, 2.75) is 20.0 Å². The summed E-state index contributed by atoms with van der Waals surface area (Å²) in [7, 11) is 0. The van der Waals surface area contributed by atoms with Crippen LogP contribution in [0.2, 0.25) is 0 Å². The molecule has 0 aromatic heterocycles. The van der Waals surface area contributed by atoms with Crippen LogP contribution in [0.15, 0.2) is 54.6 Å². The monoisotopic (exact) mass is 311 g/mol. The van der Waals surface area contributed by atoms with Crippen molar-refractivity contribution in [2.24, 2.45) is 0 Å². The molecule has 1 amide bonds. The Labute approximate surface area is 136 Å². The van der Waals surface area contributed by atoms with Gasteiger partial charge in [0.05, 0.1) is 0 Å². The largest absolute Gasteiger partial charge is 0.508 e. The fourth-order valence-electron chi connectivity index (χ4n) is 2.09. The van der Waals surface area contributed by atoms with E-state index in [1.165, 1.54) is 0 Å². The first-order chi connectivity index (χ1) is 11.1. The number of aromatic hydroxyl groups is 1. The Hall–Kier alpha value is -2.75. The van der Waals surface area contributed by atoms with Gasteiger partial charge in [0.15, 0.2) is 0 Å². The van der Waals surface area contributed by atoms with E-state index in [2.05, 4.69) is 5.32 Å². The van der Waals surface area contributed by atoms with E-state index in [-0.39, 0.29) is 12.4 Å². The zero-order valence-electron chi connectivity index (χ0n) is 13.2. The maximum Gasteiger partial charge on any atom is 0.407 e. The number of alkyl carbamates (subject to hydrolysis) is 1. The minimum Gasteiger partial charge on any atom is -0.508 e. The van der Waals surface area contributed by atoms with E-state index in [1.807, 2.05) is 55.5 Å². The van der Waals surface area contributed by atoms with Gasteiger partial charge in [-0.1, -0.05) is 48.6 Å². The van der Waals surface area contributed by atoms with Gasteiger partial charge in [-0.25, -0.2) is 4.79 Å². The average molecular weight is 311 g/mol. The number of nitrogens with one attached hydrogen (secondary N) is 1. The Morgan fingerprint density at radius 2 is 2.00 bits per heavy atom. The first-order valence-corrected chi connectivity index (χ1v) is 7.56. The number of phenolic OH excluding ortho intramolecular Hbond substituents is 1. The Balaban J connectivity index is 1.66. The molecule has 0 radical (unpaired) electrons. The van der Waals surface area contributed by atoms with Gasteiger partial charge in [0.2, 0.25) is 0 Å². The van der Waals surface area contributed by atoms with E-state index in [9.17, 15) is 9.90 Å². The zero-order valence-corrected chi connectivity index (χ0v) is 13.2. The van der Waals surface area contributed by atoms with E-state index >= 15 is 0 Å². The second-order valence-corrected chi connectivity index (χ2v) is 5.22. The second-order valence-electron chi connectivity index (χ2n) is 5.22. The number of phenols is 1. The predicted molar refractivity (Wildman–Crippen MR) is 91.1 cm³/mol. The van der Waals surface area contributed by atoms with Gasteiger partial charge in [-0.3, -0.25) is 0 Å². The van der Waals surface area contributed by atoms with Crippen LogP contribution in [0.1, 0.15) is 23.1 Å². The molecule has 0 heterocycles. The minimum atomic E-state index is -0.414. The molecule has 0 atom stereocenters. The van der Waals surface area contributed by atoms with Gasteiger partial charge in [-0.05, 0) is 42.2 Å². The third-order valence-corrected chi connectivity index (χ3v) is 3.34. The van der Waals surface area contributed by atoms with E-state index in [0.717, 1.165) is 16.7 Å². The van der Waals surface area contributed by atoms with Crippen molar-refractivity contribution in [1.82, 2.24) is 5.32 Å². The van der Waals surface area contributed by atoms with Gasteiger partial charge >= 0.3 is 6.09 Å². The molecule has 2 aromatic carbocycles. The Morgan fingerprint density at radius 1 is 1.22 bits per heavy atom. The van der Waals surface area contributed by atoms with Crippen LogP contribution in [0.4, 0.5) is 4.79 Å². The molecule has 0 aliphatic rings. The highest BCUT2D eigenvalue weighted by molar-refractivity contribution is 5.67. The fourth-order valence-corrected chi connectivity index (χ4v) is 2.09. The normalized spacial score (nSPS) is 10.7. The first kappa shape index (κ1) is 16.6. The fraction of sp³-hybridized carbons (Fsp3) is 0.211. The molecule has 0 bridgehead atoms. The standard InChI is InChI=1S/C19H21NO3/c1-15-13-18(21)11-10-17(15)9-5-6-12-20-19(22)23-14-16-7-3-2-4-8-16/h2-5,7-11,13,21H,6,12,14H2,1H3,(H,20,22). The summed E-state index contributed by atoms with van der Waals surface area (Å²) >= 11 is 0. The predicted octanol–water partition coefficient (Wildman–Crippen LogP) is 4.03. The molecule has 2 N–H and O–H groups in total. The molecule has 0 spiro atoms. The summed E-state index contributed by atoms with van der Waals surface area (Å²) in [5, 5.41) is 12.1. The van der Waals surface area contributed by atoms with E-state index in [1.54, 1.807) is 12.1 Å². The Bertz CT molecular complexity index is 666. The van der Waals surface area contributed by atoms with Crippen molar-refractivity contribution in [3.8, 4) is 5.75 Å². The van der Waals surface area contributed by atoms with Crippen molar-refractivity contribution in [1.29, 1.82) is 0 Å². The summed E-state index contributed by atoms with van der Waals surface area (Å²) < 4.78 is 5.12. The number of ether oxygens (including phenoxy) is 1. The molecule has 4 nitrogen and oxygen atoms in total. The van der Waals surface area contributed by atoms with Crippen LogP contribution in [0, 0.1) is 6.92 Å². The molecule has 0 fully saturated rings. The van der Waals surface area contributed by atoms with Gasteiger partial charge in [0, 0.05) is 6.54 Å². The van der Waals surface area contributed by atoms with Crippen LogP contribution >= 0.6 is 0 Å². The smallest absolute Gasteiger partial charge is 0.407 e. The van der Waals surface area contributed by atoms with E-state index in [4.69, 9.17) is 4.74 Å². The number of rotatable bonds is 6. The number of benzene rings is 2. The van der Waals surface area contributed by atoms with Crippen molar-refractivity contribution in [3.63, 3.8) is 0 Å². The van der Waals surface area contributed by atoms with Crippen molar-refractivity contribution >= 4 is 12.2 Å². The molecule has 2 aromatic rings. The lowest BCUT2D eigenvalue weighted by Crippen LogP contribution is -2.24. The van der Waals surface area contributed by atoms with E-state index in [0.29, 0.717) is 13.0 Å². The molecule has 0 saturated carbocycles. The number of carbonyl (C=O) groups excluding carboxylic acids is 1. The third-order valence-electron chi connectivity index (χ3n) is 3.34. The van der Waals surface area contributed by atoms with Crippen molar-refractivity contribution in [3.05, 3.63) is 71.3 Å². The molecule has 4 heteroatoms. The Kier molecular flexibility index (Phi) is 6.24. The van der Waals surface area contributed by atoms with E-state index < -0.39 is 6.09 Å². The van der Waals surface area contributed by atoms with Gasteiger partial charge in [-0.15, -0.1) is 0 Å². The van der Waals surface area contributed by atoms with Crippen LogP contribution in [0.3, 0.4) is 0 Å². The molecule has 0 aliphatic heterocycles. The number of aryl methyl sites for hydroxylation is 1. The highest BCUT2D eigenvalue weighted by Crippen LogP contribution is 2.16. The Morgan fingerprint density at radius 3 is 2.74 bits per heavy atom. The van der Waals surface area contributed by atoms with Crippen molar-refractivity contribution in [2.75, 3.05) is 6.54 Å². The van der Waals surface area contributed by atoms with Crippen LogP contribution in [0.25, 0.3) is 6.08 Å². The lowest BCUT2D eigenvalue weighted by atomic mass is 10.1. The molecule has 120 valence electrons. The lowest BCUT2D eigenvalue weighted by molar-refractivity contribution is 0.140. The summed E-state index contributed by atoms with van der Waals surface area (Å²) in [5.74, 6) is 0.266. The molecule has 2 rings (SSSR count). The summed E-state index contributed by atoms with van der Waals surface area (Å²) in [6.07, 6.45) is 4.26. The highest BCUT2D eigenvalue weighted by Gasteiger charge is 2.01. The van der Waals surface area contributed by atoms with Crippen LogP contribution in [-0.2, 0) is 11.3 Å². The minimum absolute atomic E-state index is 0.266. The molecule has 0 saturated heterocycles. The number of carbonyl (C=O) groups is 1. The third kappa shape index (κ3) is 5.87. The lowest BCUT2D eigenvalue weighted by Gasteiger charge is -2.06. The molecule has 0 unspecified atom stereocenters. The topological polar surface area (TPSA) is 58.6 Å². The van der Waals surface area contributed by atoms with Crippen molar-refractivity contribution < 1.29 is 14.6 Å². The highest BCUT2D eigenvalue weighted by atomic mass is 16.5. The summed E-state index contributed by atoms with van der Waals surface area (Å²) in [6.45, 7) is 2.73. The van der Waals surface area contributed by atoms with Gasteiger partial charge in [-0.2, -0.15) is 0 Å². The maximum atomic E-state index is 11.6. The van der Waals surface area contributed by atoms with Gasteiger partial charge in [0.25, 0.3) is 0 Å². The molecule has 0 aliphatic carbocycles. The van der Waals surface area contributed by atoms with Gasteiger partial charge < -0.3 is 15.2 Å². The molecular formula is C19H21NO3. The zero-order chi connectivity index (χ0) is 16.5. The van der Waals surface area contributed by atoms with Gasteiger partial charge in [0.1, 0.15) is 12.4 Å². The summed E-state index contributed by atoms with van der Waals surface area (Å²) in [4.78, 5) is 11.6. The van der Waals surface area contributed by atoms with Crippen LogP contribution in [0.5, 0.6) is 5.75 Å². The van der Waals surface area contributed by atoms with Crippen LogP contribution < -0.4 is 5.32 Å². The van der Waals surface area contributed by atoms with Crippen LogP contribution in [-0.4, -0.2) is 17.7 Å². The first-order valence-electron chi connectivity index (χ1n) is 7.56. The number of amides is 1. The summed E-state index contributed by atoms with van der Waals surface area (Å²) in [5.41, 5.74) is 3.02. The average Bonchev–Trinajstić information content (AvgIpc) is 2.55. The number of hydrogen-bond acceptors (Lipinski definition) is 3. The summed E-state index contributed by atoms with van der Waals surface area (Å²) in [6, 6.07) is 14.8.